The number of amides is 1. The molecule has 2 saturated heterocycles. The molecule has 134 valence electrons. The van der Waals surface area contributed by atoms with Crippen molar-refractivity contribution in [3.63, 3.8) is 0 Å². The smallest absolute Gasteiger partial charge is 0.285 e. The lowest BCUT2D eigenvalue weighted by atomic mass is 10.00. The molecule has 0 spiro atoms. The lowest BCUT2D eigenvalue weighted by Crippen LogP contribution is -2.50. The Bertz CT molecular complexity index is 824. The van der Waals surface area contributed by atoms with Gasteiger partial charge in [0, 0.05) is 30.7 Å². The van der Waals surface area contributed by atoms with E-state index in [-0.39, 0.29) is 23.4 Å². The minimum absolute atomic E-state index is 0.0853. The summed E-state index contributed by atoms with van der Waals surface area (Å²) >= 11 is 0. The summed E-state index contributed by atoms with van der Waals surface area (Å²) in [7, 11) is -1.97. The summed E-state index contributed by atoms with van der Waals surface area (Å²) in [6.07, 6.45) is 4.29. The molecule has 1 aromatic carbocycles. The van der Waals surface area contributed by atoms with E-state index in [2.05, 4.69) is 15.0 Å². The fourth-order valence-electron chi connectivity index (χ4n) is 4.10. The van der Waals surface area contributed by atoms with Crippen molar-refractivity contribution in [2.75, 3.05) is 13.6 Å². The molecule has 0 radical (unpaired) electrons. The second-order valence-electron chi connectivity index (χ2n) is 7.12. The predicted molar refractivity (Wildman–Crippen MR) is 93.9 cm³/mol. The molecule has 0 saturated carbocycles. The van der Waals surface area contributed by atoms with E-state index >= 15 is 0 Å². The van der Waals surface area contributed by atoms with E-state index in [1.807, 2.05) is 0 Å². The Morgan fingerprint density at radius 2 is 1.96 bits per heavy atom. The highest BCUT2D eigenvalue weighted by atomic mass is 32.2. The lowest BCUT2D eigenvalue weighted by Gasteiger charge is -2.30. The van der Waals surface area contributed by atoms with Crippen LogP contribution in [0, 0.1) is 0 Å². The van der Waals surface area contributed by atoms with E-state index in [1.165, 1.54) is 12.8 Å². The first kappa shape index (κ1) is 16.5. The topological polar surface area (TPSA) is 90.9 Å². The van der Waals surface area contributed by atoms with Gasteiger partial charge in [-0.15, -0.1) is 4.40 Å². The van der Waals surface area contributed by atoms with Crippen LogP contribution in [0.2, 0.25) is 0 Å². The van der Waals surface area contributed by atoms with Crippen molar-refractivity contribution in [3.8, 4) is 0 Å². The summed E-state index contributed by atoms with van der Waals surface area (Å²) < 4.78 is 28.1. The zero-order chi connectivity index (χ0) is 17.6. The Balaban J connectivity index is 1.42. The van der Waals surface area contributed by atoms with Crippen LogP contribution in [-0.2, 0) is 14.8 Å². The second kappa shape index (κ2) is 6.10. The van der Waals surface area contributed by atoms with Crippen LogP contribution in [0.25, 0.3) is 0 Å². The maximum absolute atomic E-state index is 12.4. The third-order valence-corrected chi connectivity index (χ3v) is 6.52. The number of fused-ring (bicyclic) bond motifs is 3. The first-order chi connectivity index (χ1) is 11.9. The fourth-order valence-corrected chi connectivity index (χ4v) is 5.35. The summed E-state index contributed by atoms with van der Waals surface area (Å²) in [5.41, 5.74) is 0.553. The van der Waals surface area contributed by atoms with Gasteiger partial charge in [0.05, 0.1) is 6.54 Å². The average Bonchev–Trinajstić information content (AvgIpc) is 3.04. The Labute approximate surface area is 147 Å². The lowest BCUT2D eigenvalue weighted by molar-refractivity contribution is -0.122. The van der Waals surface area contributed by atoms with Crippen LogP contribution in [0.5, 0.6) is 0 Å². The molecule has 2 atom stereocenters. The van der Waals surface area contributed by atoms with Gasteiger partial charge >= 0.3 is 0 Å². The molecule has 0 aliphatic carbocycles. The van der Waals surface area contributed by atoms with Crippen LogP contribution < -0.4 is 10.6 Å². The summed E-state index contributed by atoms with van der Waals surface area (Å²) in [4.78, 5) is 14.2. The Kier molecular flexibility index (Phi) is 4.04. The molecule has 4 rings (SSSR count). The third-order valence-electron chi connectivity index (χ3n) is 5.19. The van der Waals surface area contributed by atoms with Crippen molar-refractivity contribution in [3.05, 3.63) is 29.8 Å². The normalized spacial score (nSPS) is 29.0. The molecule has 2 bridgehead atoms. The maximum atomic E-state index is 12.4. The minimum atomic E-state index is -3.66. The molecule has 25 heavy (non-hydrogen) atoms. The van der Waals surface area contributed by atoms with Gasteiger partial charge in [-0.1, -0.05) is 12.1 Å². The zero-order valence-electron chi connectivity index (χ0n) is 14.1. The number of amidine groups is 1. The predicted octanol–water partition coefficient (Wildman–Crippen LogP) is 0.467. The van der Waals surface area contributed by atoms with Gasteiger partial charge in [0.25, 0.3) is 10.0 Å². The molecule has 8 heteroatoms. The van der Waals surface area contributed by atoms with E-state index in [0.29, 0.717) is 23.5 Å². The molecule has 0 aromatic heterocycles. The third kappa shape index (κ3) is 3.16. The first-order valence-corrected chi connectivity index (χ1v) is 10.1. The highest BCUT2D eigenvalue weighted by Gasteiger charge is 2.35. The molecule has 1 aromatic rings. The highest BCUT2D eigenvalue weighted by Crippen LogP contribution is 2.28. The van der Waals surface area contributed by atoms with Crippen LogP contribution in [-0.4, -0.2) is 56.8 Å². The van der Waals surface area contributed by atoms with Crippen molar-refractivity contribution in [2.45, 2.75) is 48.7 Å². The van der Waals surface area contributed by atoms with Gasteiger partial charge in [-0.25, -0.2) is 0 Å². The quantitative estimate of drug-likeness (QED) is 0.816. The van der Waals surface area contributed by atoms with Crippen LogP contribution in [0.3, 0.4) is 0 Å². The maximum Gasteiger partial charge on any atom is 0.285 e. The number of carbonyl (C=O) groups is 1. The number of sulfonamides is 1. The molecular formula is C17H22N4O3S. The molecule has 1 amide bonds. The number of nitrogens with one attached hydrogen (secondary N) is 2. The van der Waals surface area contributed by atoms with Crippen molar-refractivity contribution < 1.29 is 13.2 Å². The second-order valence-corrected chi connectivity index (χ2v) is 8.69. The average molecular weight is 362 g/mol. The van der Waals surface area contributed by atoms with Crippen molar-refractivity contribution >= 4 is 21.8 Å². The number of likely N-dealkylation sites (N-methyl/N-ethyl adjacent to an activating group) is 1. The minimum Gasteiger partial charge on any atom is -0.352 e. The number of nitrogens with zero attached hydrogens (tertiary/aromatic N) is 2. The van der Waals surface area contributed by atoms with Crippen molar-refractivity contribution in [2.24, 2.45) is 4.40 Å². The number of rotatable bonds is 3. The van der Waals surface area contributed by atoms with Crippen molar-refractivity contribution in [1.29, 1.82) is 0 Å². The molecule has 3 aliphatic heterocycles. The summed E-state index contributed by atoms with van der Waals surface area (Å²) in [5, 5.41) is 6.65. The Morgan fingerprint density at radius 1 is 1.28 bits per heavy atom. The summed E-state index contributed by atoms with van der Waals surface area (Å²) in [6, 6.07) is 7.93. The monoisotopic (exact) mass is 362 g/mol. The number of hydrogen-bond acceptors (Lipinski definition) is 5. The van der Waals surface area contributed by atoms with Crippen molar-refractivity contribution in [1.82, 2.24) is 15.5 Å². The van der Waals surface area contributed by atoms with E-state index in [0.717, 1.165) is 12.8 Å². The molecule has 2 fully saturated rings. The SMILES string of the molecule is CN(CC(=O)NC1CC2CCC(C1)N2)C1=NS(=O)(=O)c2ccccc21. The molecule has 3 aliphatic rings. The highest BCUT2D eigenvalue weighted by molar-refractivity contribution is 7.90. The molecule has 3 heterocycles. The van der Waals surface area contributed by atoms with Crippen LogP contribution in [0.4, 0.5) is 0 Å². The Morgan fingerprint density at radius 3 is 2.68 bits per heavy atom. The van der Waals surface area contributed by atoms with Gasteiger partial charge in [0.2, 0.25) is 5.91 Å². The Hall–Kier alpha value is -1.93. The van der Waals surface area contributed by atoms with Gasteiger partial charge in [-0.05, 0) is 37.8 Å². The molecule has 2 unspecified atom stereocenters. The number of benzene rings is 1. The standard InChI is InChI=1S/C17H22N4O3S/c1-21(17-14-4-2-3-5-15(14)25(23,24)20-17)10-16(22)19-13-8-11-6-7-12(9-13)18-11/h2-5,11-13,18H,6-10H2,1H3,(H,19,22). The van der Waals surface area contributed by atoms with E-state index in [9.17, 15) is 13.2 Å². The van der Waals surface area contributed by atoms with E-state index in [1.54, 1.807) is 36.2 Å². The first-order valence-electron chi connectivity index (χ1n) is 8.63. The van der Waals surface area contributed by atoms with Gasteiger partial charge in [-0.3, -0.25) is 4.79 Å². The largest absolute Gasteiger partial charge is 0.352 e. The van der Waals surface area contributed by atoms with E-state index in [4.69, 9.17) is 0 Å². The molecule has 7 nitrogen and oxygen atoms in total. The number of piperidine rings is 1. The summed E-state index contributed by atoms with van der Waals surface area (Å²) in [6.45, 7) is 0.0853. The molecule has 2 N–H and O–H groups in total. The summed E-state index contributed by atoms with van der Waals surface area (Å²) in [5.74, 6) is 0.231. The molecular weight excluding hydrogens is 340 g/mol. The van der Waals surface area contributed by atoms with Gasteiger partial charge in [0.1, 0.15) is 4.90 Å². The van der Waals surface area contributed by atoms with E-state index < -0.39 is 10.0 Å². The fraction of sp³-hybridized carbons (Fsp3) is 0.529. The van der Waals surface area contributed by atoms with Gasteiger partial charge in [-0.2, -0.15) is 8.42 Å². The number of hydrogen-bond donors (Lipinski definition) is 2. The van der Waals surface area contributed by atoms with Crippen LogP contribution in [0.1, 0.15) is 31.2 Å². The van der Waals surface area contributed by atoms with Crippen LogP contribution >= 0.6 is 0 Å². The van der Waals surface area contributed by atoms with Gasteiger partial charge in [0.15, 0.2) is 5.84 Å². The van der Waals surface area contributed by atoms with Gasteiger partial charge < -0.3 is 15.5 Å². The van der Waals surface area contributed by atoms with Crippen LogP contribution in [0.15, 0.2) is 33.6 Å². The zero-order valence-corrected chi connectivity index (χ0v) is 14.9. The number of carbonyl (C=O) groups excluding carboxylic acids is 1.